The van der Waals surface area contributed by atoms with Gasteiger partial charge in [0, 0.05) is 14.6 Å². The SMILES string of the molecule is Cc1cc(SCl)c(C)s1. The Bertz CT molecular complexity index is 205. The van der Waals surface area contributed by atoms with Crippen molar-refractivity contribution in [1.82, 2.24) is 0 Å². The fraction of sp³-hybridized carbons (Fsp3) is 0.333. The van der Waals surface area contributed by atoms with E-state index in [2.05, 4.69) is 19.9 Å². The van der Waals surface area contributed by atoms with E-state index < -0.39 is 0 Å². The van der Waals surface area contributed by atoms with Crippen LogP contribution in [0.25, 0.3) is 0 Å². The van der Waals surface area contributed by atoms with Crippen molar-refractivity contribution < 1.29 is 0 Å². The van der Waals surface area contributed by atoms with Crippen LogP contribution in [0.2, 0.25) is 0 Å². The van der Waals surface area contributed by atoms with Crippen LogP contribution in [0.4, 0.5) is 0 Å². The summed E-state index contributed by atoms with van der Waals surface area (Å²) in [6.45, 7) is 4.18. The van der Waals surface area contributed by atoms with Crippen LogP contribution in [0.1, 0.15) is 9.75 Å². The van der Waals surface area contributed by atoms with Crippen molar-refractivity contribution in [1.29, 1.82) is 0 Å². The molecule has 0 amide bonds. The van der Waals surface area contributed by atoms with Gasteiger partial charge in [-0.25, -0.2) is 0 Å². The Hall–Kier alpha value is 0.340. The van der Waals surface area contributed by atoms with Crippen LogP contribution in [0, 0.1) is 13.8 Å². The molecule has 0 aliphatic heterocycles. The molecule has 0 atom stereocenters. The molecule has 0 aliphatic rings. The van der Waals surface area contributed by atoms with Gasteiger partial charge in [0.05, 0.1) is 0 Å². The van der Waals surface area contributed by atoms with E-state index in [1.54, 1.807) is 11.3 Å². The summed E-state index contributed by atoms with van der Waals surface area (Å²) >= 11 is 1.79. The summed E-state index contributed by atoms with van der Waals surface area (Å²) in [5.41, 5.74) is 0. The van der Waals surface area contributed by atoms with Gasteiger partial charge in [-0.3, -0.25) is 0 Å². The van der Waals surface area contributed by atoms with E-state index in [0.717, 1.165) is 0 Å². The molecule has 0 N–H and O–H groups in total. The summed E-state index contributed by atoms with van der Waals surface area (Å²) in [4.78, 5) is 3.84. The van der Waals surface area contributed by atoms with E-state index in [1.165, 1.54) is 25.6 Å². The van der Waals surface area contributed by atoms with Crippen molar-refractivity contribution in [2.45, 2.75) is 18.7 Å². The van der Waals surface area contributed by atoms with Crippen molar-refractivity contribution in [2.75, 3.05) is 0 Å². The van der Waals surface area contributed by atoms with Gasteiger partial charge >= 0.3 is 0 Å². The monoisotopic (exact) mass is 178 g/mol. The summed E-state index contributed by atoms with van der Waals surface area (Å²) < 4.78 is 0. The predicted molar refractivity (Wildman–Crippen MR) is 45.5 cm³/mol. The summed E-state index contributed by atoms with van der Waals surface area (Å²) in [6, 6.07) is 2.11. The topological polar surface area (TPSA) is 0 Å². The van der Waals surface area contributed by atoms with Crippen LogP contribution in [-0.4, -0.2) is 0 Å². The predicted octanol–water partition coefficient (Wildman–Crippen LogP) is 3.61. The third-order valence-corrected chi connectivity index (χ3v) is 3.26. The molecular weight excluding hydrogens is 172 g/mol. The molecule has 0 saturated carbocycles. The molecule has 0 fully saturated rings. The fourth-order valence-corrected chi connectivity index (χ4v) is 2.78. The second-order valence-electron chi connectivity index (χ2n) is 1.85. The van der Waals surface area contributed by atoms with E-state index in [0.29, 0.717) is 0 Å². The Labute approximate surface area is 67.7 Å². The van der Waals surface area contributed by atoms with Crippen LogP contribution >= 0.6 is 33.0 Å². The lowest BCUT2D eigenvalue weighted by atomic mass is 10.4. The van der Waals surface area contributed by atoms with Gasteiger partial charge in [-0.15, -0.1) is 11.3 Å². The first-order valence-corrected chi connectivity index (χ1v) is 5.05. The van der Waals surface area contributed by atoms with E-state index in [-0.39, 0.29) is 0 Å². The number of rotatable bonds is 1. The van der Waals surface area contributed by atoms with Gasteiger partial charge in [-0.05, 0) is 41.6 Å². The van der Waals surface area contributed by atoms with Gasteiger partial charge in [-0.1, -0.05) is 0 Å². The van der Waals surface area contributed by atoms with Gasteiger partial charge < -0.3 is 0 Å². The molecule has 50 valence electrons. The first-order chi connectivity index (χ1) is 4.24. The Morgan fingerprint density at radius 1 is 1.56 bits per heavy atom. The maximum Gasteiger partial charge on any atom is 0.0372 e. The second kappa shape index (κ2) is 2.95. The standard InChI is InChI=1S/C6H7ClS2/c1-4-3-6(9-7)5(2)8-4/h3H,1-2H3. The minimum atomic E-state index is 1.19. The Balaban J connectivity index is 3.01. The maximum absolute atomic E-state index is 5.57. The normalized spacial score (nSPS) is 10.1. The maximum atomic E-state index is 5.57. The molecule has 1 aromatic heterocycles. The number of aryl methyl sites for hydroxylation is 2. The quantitative estimate of drug-likeness (QED) is 0.633. The molecule has 0 unspecified atom stereocenters. The average molecular weight is 179 g/mol. The molecule has 0 spiro atoms. The van der Waals surface area contributed by atoms with Crippen LogP contribution in [0.15, 0.2) is 11.0 Å². The zero-order valence-electron chi connectivity index (χ0n) is 5.27. The van der Waals surface area contributed by atoms with Crippen molar-refractivity contribution in [2.24, 2.45) is 0 Å². The molecule has 0 aliphatic carbocycles. The zero-order chi connectivity index (χ0) is 6.85. The highest BCUT2D eigenvalue weighted by atomic mass is 35.7. The highest BCUT2D eigenvalue weighted by Gasteiger charge is 1.99. The van der Waals surface area contributed by atoms with Gasteiger partial charge in [0.15, 0.2) is 0 Å². The van der Waals surface area contributed by atoms with E-state index >= 15 is 0 Å². The van der Waals surface area contributed by atoms with Gasteiger partial charge in [0.1, 0.15) is 0 Å². The number of hydrogen-bond donors (Lipinski definition) is 0. The molecule has 1 aromatic rings. The summed E-state index contributed by atoms with van der Waals surface area (Å²) in [6.07, 6.45) is 0. The highest BCUT2D eigenvalue weighted by molar-refractivity contribution is 8.21. The molecule has 0 radical (unpaired) electrons. The minimum absolute atomic E-state index is 1.19. The van der Waals surface area contributed by atoms with Crippen molar-refractivity contribution in [3.8, 4) is 0 Å². The van der Waals surface area contributed by atoms with Crippen molar-refractivity contribution >= 4 is 33.0 Å². The van der Waals surface area contributed by atoms with Gasteiger partial charge in [0.2, 0.25) is 0 Å². The largest absolute Gasteiger partial charge is 0.145 e. The fourth-order valence-electron chi connectivity index (χ4n) is 0.684. The van der Waals surface area contributed by atoms with Crippen LogP contribution in [-0.2, 0) is 0 Å². The molecule has 0 nitrogen and oxygen atoms in total. The van der Waals surface area contributed by atoms with E-state index in [1.807, 2.05) is 0 Å². The van der Waals surface area contributed by atoms with Crippen molar-refractivity contribution in [3.63, 3.8) is 0 Å². The molecule has 0 bridgehead atoms. The molecule has 1 rings (SSSR count). The van der Waals surface area contributed by atoms with Crippen LogP contribution in [0.5, 0.6) is 0 Å². The molecular formula is C6H7ClS2. The average Bonchev–Trinajstić information content (AvgIpc) is 2.10. The Morgan fingerprint density at radius 2 is 2.22 bits per heavy atom. The lowest BCUT2D eigenvalue weighted by molar-refractivity contribution is 1.42. The summed E-state index contributed by atoms with van der Waals surface area (Å²) in [5, 5.41) is 0. The van der Waals surface area contributed by atoms with E-state index in [4.69, 9.17) is 10.7 Å². The highest BCUT2D eigenvalue weighted by Crippen LogP contribution is 2.31. The molecule has 9 heavy (non-hydrogen) atoms. The first kappa shape index (κ1) is 7.45. The van der Waals surface area contributed by atoms with Crippen LogP contribution < -0.4 is 0 Å². The Morgan fingerprint density at radius 3 is 2.44 bits per heavy atom. The first-order valence-electron chi connectivity index (χ1n) is 2.59. The van der Waals surface area contributed by atoms with Gasteiger partial charge in [0.25, 0.3) is 0 Å². The summed E-state index contributed by atoms with van der Waals surface area (Å²) in [7, 11) is 6.87. The second-order valence-corrected chi connectivity index (χ2v) is 4.37. The number of hydrogen-bond acceptors (Lipinski definition) is 2. The van der Waals surface area contributed by atoms with Gasteiger partial charge in [-0.2, -0.15) is 0 Å². The third-order valence-electron chi connectivity index (χ3n) is 1.08. The number of halogens is 1. The molecule has 0 saturated heterocycles. The zero-order valence-corrected chi connectivity index (χ0v) is 7.66. The number of thiophene rings is 1. The molecule has 3 heteroatoms. The minimum Gasteiger partial charge on any atom is -0.145 e. The molecule has 1 heterocycles. The lowest BCUT2D eigenvalue weighted by Gasteiger charge is -1.84. The van der Waals surface area contributed by atoms with Crippen LogP contribution in [0.3, 0.4) is 0 Å². The Kier molecular flexibility index (Phi) is 2.44. The van der Waals surface area contributed by atoms with E-state index in [9.17, 15) is 0 Å². The third kappa shape index (κ3) is 1.63. The van der Waals surface area contributed by atoms with Crippen molar-refractivity contribution in [3.05, 3.63) is 15.8 Å². The summed E-state index contributed by atoms with van der Waals surface area (Å²) in [5.74, 6) is 0. The smallest absolute Gasteiger partial charge is 0.0372 e. The lowest BCUT2D eigenvalue weighted by Crippen LogP contribution is -1.58. The molecule has 0 aromatic carbocycles.